The summed E-state index contributed by atoms with van der Waals surface area (Å²) in [7, 11) is 0. The van der Waals surface area contributed by atoms with Gasteiger partial charge >= 0.3 is 6.09 Å². The zero-order valence-electron chi connectivity index (χ0n) is 26.6. The molecule has 0 aliphatic rings. The van der Waals surface area contributed by atoms with Crippen LogP contribution in [0.5, 0.6) is 11.5 Å². The van der Waals surface area contributed by atoms with Crippen LogP contribution in [0.2, 0.25) is 0 Å². The molecule has 0 spiro atoms. The molecule has 4 N–H and O–H groups in total. The van der Waals surface area contributed by atoms with E-state index in [0.29, 0.717) is 23.1 Å². The van der Waals surface area contributed by atoms with Gasteiger partial charge in [0.25, 0.3) is 0 Å². The molecular weight excluding hydrogens is 534 g/mol. The predicted octanol–water partition coefficient (Wildman–Crippen LogP) is 5.91. The van der Waals surface area contributed by atoms with Gasteiger partial charge in [0.15, 0.2) is 0 Å². The van der Waals surface area contributed by atoms with Crippen molar-refractivity contribution >= 4 is 17.9 Å². The Balaban J connectivity index is 2.70. The zero-order chi connectivity index (χ0) is 31.8. The number of nitrogens with one attached hydrogen (secondary N) is 2. The molecule has 3 atom stereocenters. The van der Waals surface area contributed by atoms with Crippen molar-refractivity contribution in [2.75, 3.05) is 0 Å². The molecule has 0 bridgehead atoms. The van der Waals surface area contributed by atoms with Crippen LogP contribution in [-0.4, -0.2) is 56.2 Å². The Morgan fingerprint density at radius 1 is 0.952 bits per heavy atom. The van der Waals surface area contributed by atoms with E-state index in [1.54, 1.807) is 56.9 Å². The normalized spacial score (nSPS) is 13.9. The maximum Gasteiger partial charge on any atom is 0.408 e. The Morgan fingerprint density at radius 2 is 1.57 bits per heavy atom. The number of aryl methyl sites for hydroxylation is 1. The van der Waals surface area contributed by atoms with Crippen LogP contribution in [-0.2, 0) is 20.7 Å². The molecule has 0 fully saturated rings. The number of carbonyl (C=O) groups excluding carboxylic acids is 3. The van der Waals surface area contributed by atoms with Crippen molar-refractivity contribution in [1.29, 1.82) is 0 Å². The molecule has 0 aromatic heterocycles. The second-order valence-corrected chi connectivity index (χ2v) is 12.6. The number of phenols is 2. The highest BCUT2D eigenvalue weighted by Gasteiger charge is 2.43. The Bertz CT molecular complexity index is 1220. The number of phenolic OH excluding ortho intramolecular Hbond substituents is 2. The first-order valence-electron chi connectivity index (χ1n) is 14.7. The summed E-state index contributed by atoms with van der Waals surface area (Å²) < 4.78 is 5.50. The maximum atomic E-state index is 14.7. The van der Waals surface area contributed by atoms with Gasteiger partial charge in [-0.05, 0) is 102 Å². The molecule has 0 heterocycles. The molecule has 9 nitrogen and oxygen atoms in total. The molecular formula is C33H49N3O6. The average molecular weight is 584 g/mol. The van der Waals surface area contributed by atoms with Crippen LogP contribution in [0.15, 0.2) is 42.5 Å². The van der Waals surface area contributed by atoms with Crippen LogP contribution in [0, 0.1) is 6.92 Å². The standard InChI is InChI=1S/C33H49N3O6/c1-10-12-22(4)34-29(39)28(24-15-18-27(38)21(3)19-24)36(33(8,9)11-2)30(40)26(35-31(41)42-32(5,6)7)20-23-13-16-25(37)17-14-23/h13-19,22,26,28,37-38H,10-12,20H2,1-9H3,(H,34,39)(H,35,41). The van der Waals surface area contributed by atoms with Crippen LogP contribution in [0.3, 0.4) is 0 Å². The molecule has 2 rings (SSSR count). The molecule has 0 radical (unpaired) electrons. The molecule has 2 aromatic carbocycles. The number of amides is 3. The topological polar surface area (TPSA) is 128 Å². The molecule has 0 aliphatic carbocycles. The first-order valence-corrected chi connectivity index (χ1v) is 14.7. The van der Waals surface area contributed by atoms with Gasteiger partial charge in [-0.25, -0.2) is 4.79 Å². The number of nitrogens with zero attached hydrogens (tertiary/aromatic N) is 1. The van der Waals surface area contributed by atoms with E-state index in [1.165, 1.54) is 18.2 Å². The molecule has 42 heavy (non-hydrogen) atoms. The number of carbonyl (C=O) groups is 3. The number of aromatic hydroxyl groups is 2. The molecule has 3 unspecified atom stereocenters. The highest BCUT2D eigenvalue weighted by Crippen LogP contribution is 2.34. The van der Waals surface area contributed by atoms with E-state index in [1.807, 2.05) is 34.6 Å². The van der Waals surface area contributed by atoms with Crippen molar-refractivity contribution in [3.63, 3.8) is 0 Å². The molecule has 3 amide bonds. The summed E-state index contributed by atoms with van der Waals surface area (Å²) >= 11 is 0. The summed E-state index contributed by atoms with van der Waals surface area (Å²) in [5.41, 5.74) is 0.208. The van der Waals surface area contributed by atoms with E-state index < -0.39 is 35.2 Å². The first-order chi connectivity index (χ1) is 19.5. The predicted molar refractivity (Wildman–Crippen MR) is 164 cm³/mol. The van der Waals surface area contributed by atoms with Crippen LogP contribution in [0.25, 0.3) is 0 Å². The molecule has 0 saturated carbocycles. The van der Waals surface area contributed by atoms with Crippen LogP contribution in [0.4, 0.5) is 4.79 Å². The highest BCUT2D eigenvalue weighted by atomic mass is 16.6. The van der Waals surface area contributed by atoms with Crippen molar-refractivity contribution < 1.29 is 29.3 Å². The van der Waals surface area contributed by atoms with Gasteiger partial charge in [-0.15, -0.1) is 0 Å². The Morgan fingerprint density at radius 3 is 2.10 bits per heavy atom. The summed E-state index contributed by atoms with van der Waals surface area (Å²) in [5.74, 6) is -0.649. The fraction of sp³-hybridized carbons (Fsp3) is 0.545. The summed E-state index contributed by atoms with van der Waals surface area (Å²) in [6, 6.07) is 9.03. The van der Waals surface area contributed by atoms with Gasteiger partial charge in [-0.2, -0.15) is 0 Å². The summed E-state index contributed by atoms with van der Waals surface area (Å²) in [5, 5.41) is 25.9. The lowest BCUT2D eigenvalue weighted by atomic mass is 9.90. The Kier molecular flexibility index (Phi) is 11.8. The molecule has 0 aliphatic heterocycles. The fourth-order valence-corrected chi connectivity index (χ4v) is 4.72. The van der Waals surface area contributed by atoms with Crippen molar-refractivity contribution in [2.24, 2.45) is 0 Å². The first kappa shape index (κ1) is 34.5. The molecule has 232 valence electrons. The molecule has 2 aromatic rings. The van der Waals surface area contributed by atoms with Crippen LogP contribution in [0.1, 0.15) is 97.4 Å². The van der Waals surface area contributed by atoms with E-state index >= 15 is 0 Å². The number of rotatable bonds is 12. The van der Waals surface area contributed by atoms with Crippen LogP contribution >= 0.6 is 0 Å². The van der Waals surface area contributed by atoms with Gasteiger partial charge in [0, 0.05) is 18.0 Å². The van der Waals surface area contributed by atoms with Gasteiger partial charge in [0.05, 0.1) is 0 Å². The third kappa shape index (κ3) is 9.67. The second kappa shape index (κ2) is 14.4. The van der Waals surface area contributed by atoms with Gasteiger partial charge in [0.1, 0.15) is 29.2 Å². The van der Waals surface area contributed by atoms with E-state index in [9.17, 15) is 24.6 Å². The molecule has 0 saturated heterocycles. The quantitative estimate of drug-likeness (QED) is 0.246. The number of hydrogen-bond donors (Lipinski definition) is 4. The lowest BCUT2D eigenvalue weighted by Gasteiger charge is -2.45. The largest absolute Gasteiger partial charge is 0.508 e. The number of benzene rings is 2. The van der Waals surface area contributed by atoms with Gasteiger partial charge in [0.2, 0.25) is 11.8 Å². The van der Waals surface area contributed by atoms with E-state index in [2.05, 4.69) is 10.6 Å². The molecule has 9 heteroatoms. The van der Waals surface area contributed by atoms with Crippen molar-refractivity contribution in [2.45, 2.75) is 117 Å². The SMILES string of the molecule is CCCC(C)NC(=O)C(c1ccc(O)c(C)c1)N(C(=O)C(Cc1ccc(O)cc1)NC(=O)OC(C)(C)C)C(C)(C)CC. The minimum absolute atomic E-state index is 0.0797. The van der Waals surface area contributed by atoms with E-state index in [-0.39, 0.29) is 29.9 Å². The summed E-state index contributed by atoms with van der Waals surface area (Å²) in [4.78, 5) is 43.3. The summed E-state index contributed by atoms with van der Waals surface area (Å²) in [6.07, 6.45) is 1.50. The maximum absolute atomic E-state index is 14.7. The minimum Gasteiger partial charge on any atom is -0.508 e. The number of ether oxygens (including phenoxy) is 1. The Labute approximate surface area is 250 Å². The van der Waals surface area contributed by atoms with Gasteiger partial charge in [-0.1, -0.05) is 38.5 Å². The van der Waals surface area contributed by atoms with E-state index in [0.717, 1.165) is 12.8 Å². The Hall–Kier alpha value is -3.75. The third-order valence-corrected chi connectivity index (χ3v) is 7.27. The highest BCUT2D eigenvalue weighted by molar-refractivity contribution is 5.93. The number of alkyl carbamates (subject to hydrolysis) is 1. The smallest absolute Gasteiger partial charge is 0.408 e. The monoisotopic (exact) mass is 583 g/mol. The second-order valence-electron chi connectivity index (χ2n) is 12.6. The van der Waals surface area contributed by atoms with Gasteiger partial charge < -0.3 is 30.5 Å². The average Bonchev–Trinajstić information content (AvgIpc) is 2.88. The van der Waals surface area contributed by atoms with Crippen LogP contribution < -0.4 is 10.6 Å². The fourth-order valence-electron chi connectivity index (χ4n) is 4.72. The zero-order valence-corrected chi connectivity index (χ0v) is 26.6. The minimum atomic E-state index is -1.09. The lowest BCUT2D eigenvalue weighted by molar-refractivity contribution is -0.149. The lowest BCUT2D eigenvalue weighted by Crippen LogP contribution is -2.60. The number of hydrogen-bond acceptors (Lipinski definition) is 6. The van der Waals surface area contributed by atoms with Gasteiger partial charge in [-0.3, -0.25) is 9.59 Å². The summed E-state index contributed by atoms with van der Waals surface area (Å²) in [6.45, 7) is 16.6. The van der Waals surface area contributed by atoms with Crippen molar-refractivity contribution in [3.8, 4) is 11.5 Å². The van der Waals surface area contributed by atoms with Crippen molar-refractivity contribution in [3.05, 3.63) is 59.2 Å². The van der Waals surface area contributed by atoms with Crippen molar-refractivity contribution in [1.82, 2.24) is 15.5 Å². The third-order valence-electron chi connectivity index (χ3n) is 7.27. The van der Waals surface area contributed by atoms with E-state index in [4.69, 9.17) is 4.74 Å².